The zero-order valence-corrected chi connectivity index (χ0v) is 12.5. The number of carbonyl (C=O) groups excluding carboxylic acids is 1. The maximum Gasteiger partial charge on any atom is 0.255 e. The highest BCUT2D eigenvalue weighted by Gasteiger charge is 2.12. The number of hydrogen-bond donors (Lipinski definition) is 2. The van der Waals surface area contributed by atoms with Gasteiger partial charge in [0.25, 0.3) is 5.91 Å². The van der Waals surface area contributed by atoms with Gasteiger partial charge in [0.15, 0.2) is 0 Å². The standard InChI is InChI=1S/C12H15N5O.2ClH/c1-9(8-17-6-2-4-15-17)16-12(18)10-7-14-5-3-11(10)13;;/h2-7,9H,8H2,1H3,(H2,13,14)(H,16,18);2*1H. The van der Waals surface area contributed by atoms with Gasteiger partial charge in [0.1, 0.15) is 0 Å². The third kappa shape index (κ3) is 4.71. The minimum atomic E-state index is -0.222. The van der Waals surface area contributed by atoms with Crippen LogP contribution in [0, 0.1) is 0 Å². The summed E-state index contributed by atoms with van der Waals surface area (Å²) in [5, 5.41) is 6.94. The van der Waals surface area contributed by atoms with E-state index in [9.17, 15) is 4.79 Å². The smallest absolute Gasteiger partial charge is 0.255 e. The number of anilines is 1. The molecule has 1 amide bonds. The van der Waals surface area contributed by atoms with Gasteiger partial charge in [0.2, 0.25) is 0 Å². The number of carbonyl (C=O) groups is 1. The van der Waals surface area contributed by atoms with Crippen molar-refractivity contribution in [3.8, 4) is 0 Å². The molecule has 2 heterocycles. The molecular weight excluding hydrogens is 301 g/mol. The normalized spacial score (nSPS) is 10.8. The van der Waals surface area contributed by atoms with Crippen LogP contribution >= 0.6 is 24.8 Å². The molecule has 0 aliphatic heterocycles. The minimum absolute atomic E-state index is 0. The van der Waals surface area contributed by atoms with Crippen LogP contribution in [0.2, 0.25) is 0 Å². The van der Waals surface area contributed by atoms with Gasteiger partial charge in [-0.1, -0.05) is 0 Å². The number of nitrogens with one attached hydrogen (secondary N) is 1. The second kappa shape index (κ2) is 8.39. The SMILES string of the molecule is CC(Cn1cccn1)NC(=O)c1cnccc1N.Cl.Cl. The summed E-state index contributed by atoms with van der Waals surface area (Å²) in [6, 6.07) is 3.40. The van der Waals surface area contributed by atoms with Crippen LogP contribution in [-0.4, -0.2) is 26.7 Å². The van der Waals surface area contributed by atoms with Gasteiger partial charge in [-0.2, -0.15) is 5.10 Å². The molecule has 0 aromatic carbocycles. The summed E-state index contributed by atoms with van der Waals surface area (Å²) in [5.74, 6) is -0.222. The van der Waals surface area contributed by atoms with Crippen molar-refractivity contribution >= 4 is 36.4 Å². The zero-order valence-electron chi connectivity index (χ0n) is 10.9. The van der Waals surface area contributed by atoms with Crippen LogP contribution in [0.1, 0.15) is 17.3 Å². The van der Waals surface area contributed by atoms with Gasteiger partial charge in [0.05, 0.1) is 12.1 Å². The first-order valence-corrected chi connectivity index (χ1v) is 5.64. The lowest BCUT2D eigenvalue weighted by Gasteiger charge is -2.14. The fourth-order valence-corrected chi connectivity index (χ4v) is 1.63. The Hall–Kier alpha value is -1.79. The molecule has 2 aromatic rings. The van der Waals surface area contributed by atoms with Crippen molar-refractivity contribution in [3.05, 3.63) is 42.5 Å². The van der Waals surface area contributed by atoms with E-state index < -0.39 is 0 Å². The molecule has 0 bridgehead atoms. The number of nitrogen functional groups attached to an aromatic ring is 1. The van der Waals surface area contributed by atoms with E-state index >= 15 is 0 Å². The lowest BCUT2D eigenvalue weighted by Crippen LogP contribution is -2.36. The summed E-state index contributed by atoms with van der Waals surface area (Å²) in [6.07, 6.45) is 6.57. The molecule has 0 aliphatic carbocycles. The molecule has 2 rings (SSSR count). The first kappa shape index (κ1) is 18.2. The lowest BCUT2D eigenvalue weighted by molar-refractivity contribution is 0.0936. The molecule has 0 fully saturated rings. The molecule has 0 radical (unpaired) electrons. The second-order valence-electron chi connectivity index (χ2n) is 4.07. The van der Waals surface area contributed by atoms with Crippen LogP contribution in [-0.2, 0) is 6.54 Å². The van der Waals surface area contributed by atoms with Crippen LogP contribution in [0.15, 0.2) is 36.9 Å². The summed E-state index contributed by atoms with van der Waals surface area (Å²) < 4.78 is 1.76. The highest BCUT2D eigenvalue weighted by Crippen LogP contribution is 2.08. The van der Waals surface area contributed by atoms with Crippen molar-refractivity contribution in [2.45, 2.75) is 19.5 Å². The third-order valence-electron chi connectivity index (χ3n) is 2.50. The summed E-state index contributed by atoms with van der Waals surface area (Å²) in [4.78, 5) is 15.8. The Morgan fingerprint density at radius 1 is 1.45 bits per heavy atom. The Balaban J connectivity index is 0.00000180. The molecule has 0 aliphatic rings. The maximum atomic E-state index is 11.9. The molecule has 0 saturated heterocycles. The first-order valence-electron chi connectivity index (χ1n) is 5.64. The molecule has 8 heteroatoms. The van der Waals surface area contributed by atoms with Crippen molar-refractivity contribution in [2.24, 2.45) is 0 Å². The Labute approximate surface area is 129 Å². The summed E-state index contributed by atoms with van der Waals surface area (Å²) >= 11 is 0. The van der Waals surface area contributed by atoms with Crippen LogP contribution in [0.25, 0.3) is 0 Å². The number of nitrogens with zero attached hydrogens (tertiary/aromatic N) is 3. The Bertz CT molecular complexity index is 532. The van der Waals surface area contributed by atoms with Gasteiger partial charge < -0.3 is 11.1 Å². The molecule has 2 aromatic heterocycles. The number of aromatic nitrogens is 3. The maximum absolute atomic E-state index is 11.9. The first-order chi connectivity index (χ1) is 8.66. The molecule has 3 N–H and O–H groups in total. The van der Waals surface area contributed by atoms with E-state index in [0.29, 0.717) is 17.8 Å². The third-order valence-corrected chi connectivity index (χ3v) is 2.50. The molecule has 1 unspecified atom stereocenters. The van der Waals surface area contributed by atoms with Crippen molar-refractivity contribution in [3.63, 3.8) is 0 Å². The van der Waals surface area contributed by atoms with Gasteiger partial charge >= 0.3 is 0 Å². The molecule has 110 valence electrons. The number of halogens is 2. The largest absolute Gasteiger partial charge is 0.398 e. The number of hydrogen-bond acceptors (Lipinski definition) is 4. The quantitative estimate of drug-likeness (QED) is 0.895. The van der Waals surface area contributed by atoms with E-state index in [1.807, 2.05) is 19.2 Å². The molecule has 0 spiro atoms. The summed E-state index contributed by atoms with van der Waals surface area (Å²) in [7, 11) is 0. The average molecular weight is 318 g/mol. The Morgan fingerprint density at radius 2 is 2.20 bits per heavy atom. The lowest BCUT2D eigenvalue weighted by atomic mass is 10.2. The van der Waals surface area contributed by atoms with Crippen LogP contribution < -0.4 is 11.1 Å². The highest BCUT2D eigenvalue weighted by atomic mass is 35.5. The van der Waals surface area contributed by atoms with Gasteiger partial charge in [0, 0.05) is 36.5 Å². The average Bonchev–Trinajstić information content (AvgIpc) is 2.82. The minimum Gasteiger partial charge on any atom is -0.398 e. The van der Waals surface area contributed by atoms with Crippen LogP contribution in [0.5, 0.6) is 0 Å². The van der Waals surface area contributed by atoms with Crippen LogP contribution in [0.4, 0.5) is 5.69 Å². The van der Waals surface area contributed by atoms with E-state index in [0.717, 1.165) is 0 Å². The molecule has 1 atom stereocenters. The van der Waals surface area contributed by atoms with E-state index in [1.165, 1.54) is 6.20 Å². The Morgan fingerprint density at radius 3 is 2.80 bits per heavy atom. The van der Waals surface area contributed by atoms with Crippen molar-refractivity contribution in [1.29, 1.82) is 0 Å². The molecule has 20 heavy (non-hydrogen) atoms. The van der Waals surface area contributed by atoms with Gasteiger partial charge in [-0.15, -0.1) is 24.8 Å². The van der Waals surface area contributed by atoms with Crippen molar-refractivity contribution in [1.82, 2.24) is 20.1 Å². The van der Waals surface area contributed by atoms with Crippen molar-refractivity contribution in [2.75, 3.05) is 5.73 Å². The topological polar surface area (TPSA) is 85.8 Å². The number of pyridine rings is 1. The fourth-order valence-electron chi connectivity index (χ4n) is 1.63. The molecule has 6 nitrogen and oxygen atoms in total. The Kier molecular flexibility index (Phi) is 7.64. The fraction of sp³-hybridized carbons (Fsp3) is 0.250. The van der Waals surface area contributed by atoms with Gasteiger partial charge in [-0.25, -0.2) is 0 Å². The highest BCUT2D eigenvalue weighted by molar-refractivity contribution is 5.98. The van der Waals surface area contributed by atoms with Gasteiger partial charge in [-0.05, 0) is 19.1 Å². The van der Waals surface area contributed by atoms with Crippen LogP contribution in [0.3, 0.4) is 0 Å². The summed E-state index contributed by atoms with van der Waals surface area (Å²) in [6.45, 7) is 2.52. The predicted molar refractivity (Wildman–Crippen MR) is 82.3 cm³/mol. The van der Waals surface area contributed by atoms with E-state index in [4.69, 9.17) is 5.73 Å². The number of amides is 1. The summed E-state index contributed by atoms with van der Waals surface area (Å²) in [5.41, 5.74) is 6.53. The van der Waals surface area contributed by atoms with Gasteiger partial charge in [-0.3, -0.25) is 14.5 Å². The molecule has 0 saturated carbocycles. The second-order valence-corrected chi connectivity index (χ2v) is 4.07. The molecular formula is C12H17Cl2N5O. The number of rotatable bonds is 4. The monoisotopic (exact) mass is 317 g/mol. The van der Waals surface area contributed by atoms with E-state index in [2.05, 4.69) is 15.4 Å². The predicted octanol–water partition coefficient (Wildman–Crippen LogP) is 1.52. The van der Waals surface area contributed by atoms with E-state index in [1.54, 1.807) is 23.1 Å². The number of nitrogens with two attached hydrogens (primary N) is 1. The van der Waals surface area contributed by atoms with Crippen molar-refractivity contribution < 1.29 is 4.79 Å². The van der Waals surface area contributed by atoms with E-state index in [-0.39, 0.29) is 36.8 Å². The zero-order chi connectivity index (χ0) is 13.0.